The Hall–Kier alpha value is -2.25. The van der Waals surface area contributed by atoms with E-state index in [4.69, 9.17) is 0 Å². The fourth-order valence-corrected chi connectivity index (χ4v) is 5.19. The van der Waals surface area contributed by atoms with E-state index >= 15 is 0 Å². The quantitative estimate of drug-likeness (QED) is 0.310. The van der Waals surface area contributed by atoms with Gasteiger partial charge in [-0.05, 0) is 43.2 Å². The van der Waals surface area contributed by atoms with Crippen LogP contribution < -0.4 is 0 Å². The lowest BCUT2D eigenvalue weighted by molar-refractivity contribution is 0.626. The summed E-state index contributed by atoms with van der Waals surface area (Å²) in [7, 11) is 0. The van der Waals surface area contributed by atoms with Crippen LogP contribution in [0.2, 0.25) is 0 Å². The topological polar surface area (TPSA) is 46.5 Å². The molecule has 1 fully saturated rings. The summed E-state index contributed by atoms with van der Waals surface area (Å²) in [5.74, 6) is 2.63. The smallest absolute Gasteiger partial charge is 0.191 e. The Morgan fingerprint density at radius 2 is 1.79 bits per heavy atom. The molecule has 142 valence electrons. The molecule has 2 aromatic heterocycles. The Kier molecular flexibility index (Phi) is 4.86. The molecule has 7 heteroatoms. The van der Waals surface area contributed by atoms with Crippen molar-refractivity contribution in [2.45, 2.75) is 28.9 Å². The molecule has 0 amide bonds. The molecule has 0 saturated heterocycles. The Labute approximate surface area is 170 Å². The standard InChI is InChI=1S/C21H19FN4S2/c22-14-5-9-16(10-6-14)27-11-12-28-21-25-24-20(26(21)15-7-8-15)18-13-23-19-4-2-1-3-17(18)19/h1-6,9-10,13,15,23H,7-8,11-12H2. The van der Waals surface area contributed by atoms with Crippen molar-refractivity contribution in [1.82, 2.24) is 19.7 Å². The minimum Gasteiger partial charge on any atom is -0.360 e. The van der Waals surface area contributed by atoms with Crippen molar-refractivity contribution in [2.75, 3.05) is 11.5 Å². The normalized spacial score (nSPS) is 14.0. The average molecular weight is 411 g/mol. The van der Waals surface area contributed by atoms with Crippen LogP contribution in [0.5, 0.6) is 0 Å². The van der Waals surface area contributed by atoms with Crippen LogP contribution in [0.1, 0.15) is 18.9 Å². The molecule has 1 saturated carbocycles. The Balaban J connectivity index is 1.32. The zero-order valence-corrected chi connectivity index (χ0v) is 16.8. The van der Waals surface area contributed by atoms with Crippen molar-refractivity contribution in [2.24, 2.45) is 0 Å². The molecule has 1 aliphatic carbocycles. The van der Waals surface area contributed by atoms with Gasteiger partial charge in [0.05, 0.1) is 0 Å². The summed E-state index contributed by atoms with van der Waals surface area (Å²) in [6.45, 7) is 0. The van der Waals surface area contributed by atoms with E-state index in [1.54, 1.807) is 23.5 Å². The Morgan fingerprint density at radius 3 is 2.61 bits per heavy atom. The summed E-state index contributed by atoms with van der Waals surface area (Å²) in [5, 5.41) is 11.2. The van der Waals surface area contributed by atoms with Gasteiger partial charge in [0.15, 0.2) is 11.0 Å². The van der Waals surface area contributed by atoms with Crippen molar-refractivity contribution in [3.63, 3.8) is 0 Å². The van der Waals surface area contributed by atoms with Gasteiger partial charge in [0.25, 0.3) is 0 Å². The first-order chi connectivity index (χ1) is 13.8. The third-order valence-corrected chi connectivity index (χ3v) is 7.02. The van der Waals surface area contributed by atoms with E-state index in [9.17, 15) is 4.39 Å². The van der Waals surface area contributed by atoms with Crippen LogP contribution in [-0.4, -0.2) is 31.3 Å². The largest absolute Gasteiger partial charge is 0.360 e. The number of hydrogen-bond donors (Lipinski definition) is 1. The molecule has 1 aliphatic rings. The predicted molar refractivity (Wildman–Crippen MR) is 113 cm³/mol. The van der Waals surface area contributed by atoms with Crippen LogP contribution in [0.15, 0.2) is 64.8 Å². The number of fused-ring (bicyclic) bond motifs is 1. The monoisotopic (exact) mass is 410 g/mol. The second-order valence-electron chi connectivity index (χ2n) is 6.81. The highest BCUT2D eigenvalue weighted by Crippen LogP contribution is 2.42. The molecule has 0 spiro atoms. The molecular formula is C21H19FN4S2. The summed E-state index contributed by atoms with van der Waals surface area (Å²) in [6.07, 6.45) is 4.41. The first-order valence-corrected chi connectivity index (χ1v) is 11.3. The Morgan fingerprint density at radius 1 is 1.00 bits per heavy atom. The SMILES string of the molecule is Fc1ccc(SCCSc2nnc(-c3c[nH]c4ccccc34)n2C2CC2)cc1. The third-order valence-electron chi connectivity index (χ3n) is 4.80. The second-order valence-corrected chi connectivity index (χ2v) is 9.04. The van der Waals surface area contributed by atoms with Gasteiger partial charge in [-0.25, -0.2) is 4.39 Å². The van der Waals surface area contributed by atoms with E-state index in [2.05, 4.69) is 37.9 Å². The lowest BCUT2D eigenvalue weighted by atomic mass is 10.1. The van der Waals surface area contributed by atoms with E-state index in [1.807, 2.05) is 24.4 Å². The minimum atomic E-state index is -0.193. The molecule has 2 aromatic carbocycles. The highest BCUT2D eigenvalue weighted by Gasteiger charge is 2.30. The summed E-state index contributed by atoms with van der Waals surface area (Å²) in [4.78, 5) is 4.43. The number of thioether (sulfide) groups is 2. The maximum Gasteiger partial charge on any atom is 0.191 e. The molecule has 1 N–H and O–H groups in total. The maximum absolute atomic E-state index is 13.0. The summed E-state index contributed by atoms with van der Waals surface area (Å²) < 4.78 is 15.3. The fourth-order valence-electron chi connectivity index (χ4n) is 3.30. The van der Waals surface area contributed by atoms with E-state index in [0.717, 1.165) is 38.5 Å². The lowest BCUT2D eigenvalue weighted by Gasteiger charge is -2.08. The molecule has 0 atom stereocenters. The summed E-state index contributed by atoms with van der Waals surface area (Å²) in [6, 6.07) is 15.5. The van der Waals surface area contributed by atoms with Crippen LogP contribution in [0.3, 0.4) is 0 Å². The van der Waals surface area contributed by atoms with Gasteiger partial charge in [-0.1, -0.05) is 30.0 Å². The number of H-pyrrole nitrogens is 1. The molecular weight excluding hydrogens is 391 g/mol. The number of hydrogen-bond acceptors (Lipinski definition) is 4. The van der Waals surface area contributed by atoms with Crippen LogP contribution in [0, 0.1) is 5.82 Å². The number of nitrogens with one attached hydrogen (secondary N) is 1. The van der Waals surface area contributed by atoms with Gasteiger partial charge in [0.2, 0.25) is 0 Å². The van der Waals surface area contributed by atoms with Gasteiger partial charge in [-0.2, -0.15) is 0 Å². The lowest BCUT2D eigenvalue weighted by Crippen LogP contribution is -2.00. The highest BCUT2D eigenvalue weighted by molar-refractivity contribution is 8.02. The van der Waals surface area contributed by atoms with E-state index in [1.165, 1.54) is 30.4 Å². The maximum atomic E-state index is 13.0. The molecule has 0 aliphatic heterocycles. The van der Waals surface area contributed by atoms with Crippen molar-refractivity contribution >= 4 is 34.4 Å². The molecule has 5 rings (SSSR count). The number of halogens is 1. The first kappa shape index (κ1) is 17.8. The first-order valence-electron chi connectivity index (χ1n) is 9.32. The number of rotatable bonds is 7. The number of aromatic amines is 1. The molecule has 4 aromatic rings. The van der Waals surface area contributed by atoms with Crippen LogP contribution in [0.25, 0.3) is 22.3 Å². The number of para-hydroxylation sites is 1. The molecule has 0 radical (unpaired) electrons. The molecule has 0 bridgehead atoms. The zero-order valence-electron chi connectivity index (χ0n) is 15.1. The molecule has 2 heterocycles. The van der Waals surface area contributed by atoms with Gasteiger partial charge in [-0.15, -0.1) is 22.0 Å². The summed E-state index contributed by atoms with van der Waals surface area (Å²) >= 11 is 3.48. The number of nitrogens with zero attached hydrogens (tertiary/aromatic N) is 3. The van der Waals surface area contributed by atoms with Crippen LogP contribution in [0.4, 0.5) is 4.39 Å². The van der Waals surface area contributed by atoms with Crippen LogP contribution >= 0.6 is 23.5 Å². The molecule has 0 unspecified atom stereocenters. The number of aromatic nitrogens is 4. The predicted octanol–water partition coefficient (Wildman–Crippen LogP) is 5.78. The van der Waals surface area contributed by atoms with Gasteiger partial charge in [0, 0.05) is 45.1 Å². The highest BCUT2D eigenvalue weighted by atomic mass is 32.2. The van der Waals surface area contributed by atoms with Crippen molar-refractivity contribution < 1.29 is 4.39 Å². The summed E-state index contributed by atoms with van der Waals surface area (Å²) in [5.41, 5.74) is 2.23. The van der Waals surface area contributed by atoms with Gasteiger partial charge < -0.3 is 4.98 Å². The Bertz CT molecular complexity index is 1100. The third kappa shape index (κ3) is 3.56. The van der Waals surface area contributed by atoms with E-state index < -0.39 is 0 Å². The van der Waals surface area contributed by atoms with Crippen molar-refractivity contribution in [3.8, 4) is 11.4 Å². The number of benzene rings is 2. The zero-order chi connectivity index (χ0) is 18.9. The van der Waals surface area contributed by atoms with Crippen molar-refractivity contribution in [3.05, 3.63) is 60.5 Å². The average Bonchev–Trinajstić information content (AvgIpc) is 3.33. The van der Waals surface area contributed by atoms with Gasteiger partial charge in [0.1, 0.15) is 5.82 Å². The molecule has 28 heavy (non-hydrogen) atoms. The minimum absolute atomic E-state index is 0.193. The van der Waals surface area contributed by atoms with Gasteiger partial charge in [-0.3, -0.25) is 4.57 Å². The van der Waals surface area contributed by atoms with Crippen LogP contribution in [-0.2, 0) is 0 Å². The van der Waals surface area contributed by atoms with E-state index in [-0.39, 0.29) is 5.82 Å². The second kappa shape index (κ2) is 7.64. The molecule has 4 nitrogen and oxygen atoms in total. The fraction of sp³-hybridized carbons (Fsp3) is 0.238. The van der Waals surface area contributed by atoms with Gasteiger partial charge >= 0.3 is 0 Å². The van der Waals surface area contributed by atoms with E-state index in [0.29, 0.717) is 6.04 Å². The van der Waals surface area contributed by atoms with Crippen molar-refractivity contribution in [1.29, 1.82) is 0 Å².